The molecule has 0 unspecified atom stereocenters. The van der Waals surface area contributed by atoms with Crippen molar-refractivity contribution < 1.29 is 0 Å². The number of hydrogen-bond donors (Lipinski definition) is 2. The van der Waals surface area contributed by atoms with Crippen LogP contribution in [0.25, 0.3) is 0 Å². The summed E-state index contributed by atoms with van der Waals surface area (Å²) in [5, 5.41) is 0. The topological polar surface area (TPSA) is 55.3 Å². The standard InChI is InChI=1S/C14H16BrN3/c1-18(9-10-2-4-11(15)5-3-10)12-6-7-13(16)14(17)8-12/h2-8H,9,16-17H2,1H3. The fraction of sp³-hybridized carbons (Fsp3) is 0.143. The highest BCUT2D eigenvalue weighted by Gasteiger charge is 2.04. The first-order chi connectivity index (χ1) is 8.56. The fourth-order valence-electron chi connectivity index (χ4n) is 1.75. The molecule has 0 spiro atoms. The zero-order valence-electron chi connectivity index (χ0n) is 10.2. The van der Waals surface area contributed by atoms with E-state index in [-0.39, 0.29) is 0 Å². The van der Waals surface area contributed by atoms with Crippen molar-refractivity contribution in [1.82, 2.24) is 0 Å². The summed E-state index contributed by atoms with van der Waals surface area (Å²) in [6.45, 7) is 0.830. The Labute approximate surface area is 116 Å². The summed E-state index contributed by atoms with van der Waals surface area (Å²) in [5.74, 6) is 0. The van der Waals surface area contributed by atoms with Gasteiger partial charge in [-0.05, 0) is 35.9 Å². The lowest BCUT2D eigenvalue weighted by Crippen LogP contribution is -2.16. The van der Waals surface area contributed by atoms with Crippen LogP contribution in [0.1, 0.15) is 5.56 Å². The van der Waals surface area contributed by atoms with Gasteiger partial charge in [0, 0.05) is 23.8 Å². The third kappa shape index (κ3) is 2.96. The first kappa shape index (κ1) is 12.8. The van der Waals surface area contributed by atoms with Crippen molar-refractivity contribution in [3.8, 4) is 0 Å². The molecule has 4 heteroatoms. The van der Waals surface area contributed by atoms with Crippen LogP contribution in [0.15, 0.2) is 46.9 Å². The van der Waals surface area contributed by atoms with Crippen molar-refractivity contribution in [1.29, 1.82) is 0 Å². The third-order valence-electron chi connectivity index (χ3n) is 2.84. The molecule has 0 aromatic heterocycles. The van der Waals surface area contributed by atoms with Crippen molar-refractivity contribution in [3.05, 3.63) is 52.5 Å². The lowest BCUT2D eigenvalue weighted by atomic mass is 10.2. The molecule has 0 fully saturated rings. The Morgan fingerprint density at radius 1 is 1.00 bits per heavy atom. The number of nitrogens with two attached hydrogens (primary N) is 2. The quantitative estimate of drug-likeness (QED) is 0.856. The Balaban J connectivity index is 2.13. The molecule has 0 aliphatic rings. The summed E-state index contributed by atoms with van der Waals surface area (Å²) in [6, 6.07) is 14.0. The first-order valence-corrected chi connectivity index (χ1v) is 6.46. The van der Waals surface area contributed by atoms with Crippen LogP contribution < -0.4 is 16.4 Å². The Hall–Kier alpha value is -1.68. The predicted molar refractivity (Wildman–Crippen MR) is 81.5 cm³/mol. The van der Waals surface area contributed by atoms with Crippen LogP contribution in [-0.4, -0.2) is 7.05 Å². The molecule has 0 aliphatic carbocycles. The van der Waals surface area contributed by atoms with Gasteiger partial charge in [0.15, 0.2) is 0 Å². The molecule has 2 aromatic carbocycles. The number of nitrogen functional groups attached to an aromatic ring is 2. The van der Waals surface area contributed by atoms with Crippen molar-refractivity contribution in [2.24, 2.45) is 0 Å². The zero-order valence-corrected chi connectivity index (χ0v) is 11.8. The van der Waals surface area contributed by atoms with Crippen molar-refractivity contribution >= 4 is 33.0 Å². The number of benzene rings is 2. The third-order valence-corrected chi connectivity index (χ3v) is 3.37. The van der Waals surface area contributed by atoms with Gasteiger partial charge in [-0.25, -0.2) is 0 Å². The molecule has 18 heavy (non-hydrogen) atoms. The summed E-state index contributed by atoms with van der Waals surface area (Å²) >= 11 is 3.43. The van der Waals surface area contributed by atoms with Gasteiger partial charge >= 0.3 is 0 Å². The Morgan fingerprint density at radius 3 is 2.28 bits per heavy atom. The second kappa shape index (κ2) is 5.31. The molecule has 0 bridgehead atoms. The van der Waals surface area contributed by atoms with Gasteiger partial charge in [0.2, 0.25) is 0 Å². The molecule has 0 radical (unpaired) electrons. The van der Waals surface area contributed by atoms with E-state index in [1.165, 1.54) is 5.56 Å². The van der Waals surface area contributed by atoms with E-state index in [9.17, 15) is 0 Å². The van der Waals surface area contributed by atoms with Crippen molar-refractivity contribution in [2.45, 2.75) is 6.54 Å². The number of halogens is 1. The number of rotatable bonds is 3. The second-order valence-corrected chi connectivity index (χ2v) is 5.21. The molecule has 4 N–H and O–H groups in total. The van der Waals surface area contributed by atoms with E-state index in [0.29, 0.717) is 11.4 Å². The molecule has 3 nitrogen and oxygen atoms in total. The van der Waals surface area contributed by atoms with E-state index in [4.69, 9.17) is 11.5 Å². The summed E-state index contributed by atoms with van der Waals surface area (Å²) in [4.78, 5) is 2.14. The minimum atomic E-state index is 0.621. The van der Waals surface area contributed by atoms with Gasteiger partial charge in [0.1, 0.15) is 0 Å². The first-order valence-electron chi connectivity index (χ1n) is 5.67. The van der Waals surface area contributed by atoms with E-state index in [2.05, 4.69) is 33.0 Å². The number of hydrogen-bond acceptors (Lipinski definition) is 3. The molecule has 2 aromatic rings. The molecule has 0 aliphatic heterocycles. The number of anilines is 3. The van der Waals surface area contributed by atoms with Gasteiger partial charge in [-0.2, -0.15) is 0 Å². The lowest BCUT2D eigenvalue weighted by molar-refractivity contribution is 0.923. The van der Waals surface area contributed by atoms with Crippen LogP contribution >= 0.6 is 15.9 Å². The summed E-state index contributed by atoms with van der Waals surface area (Å²) in [6.07, 6.45) is 0. The van der Waals surface area contributed by atoms with Crippen LogP contribution in [-0.2, 0) is 6.54 Å². The van der Waals surface area contributed by atoms with Crippen LogP contribution in [0.5, 0.6) is 0 Å². The molecular formula is C14H16BrN3. The van der Waals surface area contributed by atoms with Gasteiger partial charge in [-0.3, -0.25) is 0 Å². The minimum absolute atomic E-state index is 0.621. The summed E-state index contributed by atoms with van der Waals surface area (Å²) in [7, 11) is 2.03. The predicted octanol–water partition coefficient (Wildman–Crippen LogP) is 3.25. The Kier molecular flexibility index (Phi) is 3.77. The van der Waals surface area contributed by atoms with Gasteiger partial charge < -0.3 is 16.4 Å². The second-order valence-electron chi connectivity index (χ2n) is 4.30. The van der Waals surface area contributed by atoms with Crippen molar-refractivity contribution in [2.75, 3.05) is 23.4 Å². The average Bonchev–Trinajstić information content (AvgIpc) is 2.35. The van der Waals surface area contributed by atoms with Gasteiger partial charge in [-0.15, -0.1) is 0 Å². The molecule has 94 valence electrons. The zero-order chi connectivity index (χ0) is 13.1. The van der Waals surface area contributed by atoms with Gasteiger partial charge in [-0.1, -0.05) is 28.1 Å². The molecule has 0 saturated carbocycles. The van der Waals surface area contributed by atoms with Crippen LogP contribution in [0.3, 0.4) is 0 Å². The highest BCUT2D eigenvalue weighted by Crippen LogP contribution is 2.23. The Bertz CT molecular complexity index is 537. The molecule has 0 atom stereocenters. The average molecular weight is 306 g/mol. The van der Waals surface area contributed by atoms with Crippen LogP contribution in [0.4, 0.5) is 17.1 Å². The normalized spacial score (nSPS) is 10.3. The van der Waals surface area contributed by atoms with Crippen LogP contribution in [0.2, 0.25) is 0 Å². The maximum absolute atomic E-state index is 5.81. The van der Waals surface area contributed by atoms with E-state index in [0.717, 1.165) is 16.7 Å². The van der Waals surface area contributed by atoms with E-state index in [1.54, 1.807) is 0 Å². The largest absolute Gasteiger partial charge is 0.397 e. The number of nitrogens with zero attached hydrogens (tertiary/aromatic N) is 1. The van der Waals surface area contributed by atoms with Crippen LogP contribution in [0, 0.1) is 0 Å². The molecule has 0 amide bonds. The van der Waals surface area contributed by atoms with Gasteiger partial charge in [0.25, 0.3) is 0 Å². The van der Waals surface area contributed by atoms with E-state index in [1.807, 2.05) is 37.4 Å². The monoisotopic (exact) mass is 305 g/mol. The fourth-order valence-corrected chi connectivity index (χ4v) is 2.02. The molecule has 0 saturated heterocycles. The highest BCUT2D eigenvalue weighted by molar-refractivity contribution is 9.10. The lowest BCUT2D eigenvalue weighted by Gasteiger charge is -2.20. The SMILES string of the molecule is CN(Cc1ccc(Br)cc1)c1ccc(N)c(N)c1. The van der Waals surface area contributed by atoms with Crippen molar-refractivity contribution in [3.63, 3.8) is 0 Å². The smallest absolute Gasteiger partial charge is 0.0568 e. The molecule has 2 rings (SSSR count). The highest BCUT2D eigenvalue weighted by atomic mass is 79.9. The Morgan fingerprint density at radius 2 is 1.67 bits per heavy atom. The van der Waals surface area contributed by atoms with E-state index >= 15 is 0 Å². The maximum atomic E-state index is 5.81. The van der Waals surface area contributed by atoms with E-state index < -0.39 is 0 Å². The maximum Gasteiger partial charge on any atom is 0.0568 e. The summed E-state index contributed by atoms with van der Waals surface area (Å²) in [5.41, 5.74) is 15.1. The molecule has 0 heterocycles. The minimum Gasteiger partial charge on any atom is -0.397 e. The summed E-state index contributed by atoms with van der Waals surface area (Å²) < 4.78 is 1.09. The van der Waals surface area contributed by atoms with Gasteiger partial charge in [0.05, 0.1) is 11.4 Å². The molecular weight excluding hydrogens is 290 g/mol.